The molecule has 0 bridgehead atoms. The molecule has 2 N–H and O–H groups in total. The van der Waals surface area contributed by atoms with Gasteiger partial charge in [-0.15, -0.1) is 0 Å². The molecule has 28 heavy (non-hydrogen) atoms. The first-order valence-electron chi connectivity index (χ1n) is 10.7. The maximum absolute atomic E-state index is 10.4. The first-order chi connectivity index (χ1) is 13.7. The van der Waals surface area contributed by atoms with Crippen LogP contribution in [0.2, 0.25) is 0 Å². The minimum atomic E-state index is -0.240. The molecule has 0 radical (unpaired) electrons. The van der Waals surface area contributed by atoms with Gasteiger partial charge in [-0.25, -0.2) is 0 Å². The van der Waals surface area contributed by atoms with Crippen LogP contribution >= 0.6 is 0 Å². The number of nitrogens with zero attached hydrogens (tertiary/aromatic N) is 2. The Bertz CT molecular complexity index is 622. The van der Waals surface area contributed by atoms with Crippen LogP contribution in [0.3, 0.4) is 0 Å². The summed E-state index contributed by atoms with van der Waals surface area (Å²) in [4.78, 5) is 5.10. The van der Waals surface area contributed by atoms with E-state index in [2.05, 4.69) is 21.9 Å². The summed E-state index contributed by atoms with van der Waals surface area (Å²) in [5.74, 6) is 0.903. The first-order valence-corrected chi connectivity index (χ1v) is 10.7. The Morgan fingerprint density at radius 3 is 2.32 bits per heavy atom. The number of piperidine rings is 2. The van der Waals surface area contributed by atoms with Gasteiger partial charge in [-0.1, -0.05) is 0 Å². The number of likely N-dealkylation sites (tertiary alicyclic amines) is 1. The minimum absolute atomic E-state index is 0.0571. The average molecular weight is 391 g/mol. The number of anilines is 1. The lowest BCUT2D eigenvalue weighted by atomic mass is 9.58. The van der Waals surface area contributed by atoms with Crippen LogP contribution in [0.1, 0.15) is 32.1 Å². The molecule has 2 heterocycles. The molecule has 1 aromatic rings. The Kier molecular flexibility index (Phi) is 6.11. The van der Waals surface area contributed by atoms with Crippen molar-refractivity contribution in [1.82, 2.24) is 4.90 Å². The molecule has 0 unspecified atom stereocenters. The summed E-state index contributed by atoms with van der Waals surface area (Å²) >= 11 is 0. The van der Waals surface area contributed by atoms with Gasteiger partial charge in [0, 0.05) is 36.7 Å². The zero-order valence-electron chi connectivity index (χ0n) is 16.9. The van der Waals surface area contributed by atoms with Crippen molar-refractivity contribution >= 4 is 5.69 Å². The smallest absolute Gasteiger partial charge is 0.119 e. The summed E-state index contributed by atoms with van der Waals surface area (Å²) in [6.07, 6.45) is 4.98. The summed E-state index contributed by atoms with van der Waals surface area (Å²) in [6, 6.07) is 9.00. The van der Waals surface area contributed by atoms with Crippen molar-refractivity contribution in [2.75, 3.05) is 51.4 Å². The highest BCUT2D eigenvalue weighted by atomic mass is 16.5. The quantitative estimate of drug-likeness (QED) is 0.773. The van der Waals surface area contributed by atoms with Crippen molar-refractivity contribution < 1.29 is 19.7 Å². The largest absolute Gasteiger partial charge is 0.497 e. The SMILES string of the molecule is COc1ccc(N2CCC(N3CCC4(CC3)[C@H](O)C[C@@H]4OCCO)CC2)cc1. The Labute approximate surface area is 168 Å². The van der Waals surface area contributed by atoms with Crippen molar-refractivity contribution in [3.8, 4) is 5.75 Å². The van der Waals surface area contributed by atoms with Gasteiger partial charge in [0.2, 0.25) is 0 Å². The molecule has 1 spiro atoms. The molecule has 3 aliphatic rings. The molecule has 6 nitrogen and oxygen atoms in total. The number of aliphatic hydroxyl groups excluding tert-OH is 2. The van der Waals surface area contributed by atoms with Crippen LogP contribution in [0.25, 0.3) is 0 Å². The van der Waals surface area contributed by atoms with E-state index in [1.54, 1.807) is 7.11 Å². The van der Waals surface area contributed by atoms with Gasteiger partial charge in [-0.3, -0.25) is 0 Å². The molecular weight excluding hydrogens is 356 g/mol. The molecule has 2 atom stereocenters. The number of hydrogen-bond donors (Lipinski definition) is 2. The number of benzene rings is 1. The predicted octanol–water partition coefficient (Wildman–Crippen LogP) is 1.89. The van der Waals surface area contributed by atoms with E-state index in [0.29, 0.717) is 12.6 Å². The van der Waals surface area contributed by atoms with Crippen molar-refractivity contribution in [1.29, 1.82) is 0 Å². The van der Waals surface area contributed by atoms with Crippen molar-refractivity contribution in [3.63, 3.8) is 0 Å². The standard InChI is InChI=1S/C22H34N2O4/c1-27-19-4-2-17(3-5-19)23-10-6-18(7-11-23)24-12-8-22(9-13-24)20(26)16-21(22)28-15-14-25/h2-5,18,20-21,25-26H,6-16H2,1H3/t20-,21+/m1/s1. The van der Waals surface area contributed by atoms with Crippen LogP contribution < -0.4 is 9.64 Å². The van der Waals surface area contributed by atoms with Gasteiger partial charge in [0.15, 0.2) is 0 Å². The number of ether oxygens (including phenoxy) is 2. The molecule has 1 saturated carbocycles. The van der Waals surface area contributed by atoms with Gasteiger partial charge < -0.3 is 29.5 Å². The fourth-order valence-electron chi connectivity index (χ4n) is 5.40. The molecule has 1 aliphatic carbocycles. The lowest BCUT2D eigenvalue weighted by molar-refractivity contribution is -0.215. The monoisotopic (exact) mass is 390 g/mol. The number of aliphatic hydroxyl groups is 2. The maximum Gasteiger partial charge on any atom is 0.119 e. The second-order valence-electron chi connectivity index (χ2n) is 8.52. The van der Waals surface area contributed by atoms with Crippen LogP contribution in [0, 0.1) is 5.41 Å². The van der Waals surface area contributed by atoms with Crippen molar-refractivity contribution in [2.24, 2.45) is 5.41 Å². The van der Waals surface area contributed by atoms with E-state index < -0.39 is 0 Å². The van der Waals surface area contributed by atoms with E-state index in [4.69, 9.17) is 14.6 Å². The van der Waals surface area contributed by atoms with Gasteiger partial charge in [0.1, 0.15) is 5.75 Å². The summed E-state index contributed by atoms with van der Waals surface area (Å²) in [7, 11) is 1.70. The zero-order valence-corrected chi connectivity index (χ0v) is 16.9. The molecule has 4 rings (SSSR count). The molecule has 2 aliphatic heterocycles. The van der Waals surface area contributed by atoms with Gasteiger partial charge in [0.25, 0.3) is 0 Å². The highest BCUT2D eigenvalue weighted by molar-refractivity contribution is 5.49. The van der Waals surface area contributed by atoms with E-state index >= 15 is 0 Å². The maximum atomic E-state index is 10.4. The number of rotatable bonds is 6. The van der Waals surface area contributed by atoms with Crippen LogP contribution in [-0.4, -0.2) is 79.9 Å². The van der Waals surface area contributed by atoms with E-state index in [1.165, 1.54) is 18.5 Å². The molecule has 0 aromatic heterocycles. The molecule has 1 aromatic carbocycles. The number of hydrogen-bond acceptors (Lipinski definition) is 6. The topological polar surface area (TPSA) is 65.4 Å². The van der Waals surface area contributed by atoms with E-state index in [9.17, 15) is 5.11 Å². The molecule has 6 heteroatoms. The molecular formula is C22H34N2O4. The highest BCUT2D eigenvalue weighted by Gasteiger charge is 2.56. The molecule has 3 fully saturated rings. The summed E-state index contributed by atoms with van der Waals surface area (Å²) in [5, 5.41) is 19.4. The lowest BCUT2D eigenvalue weighted by Crippen LogP contribution is -2.63. The van der Waals surface area contributed by atoms with Gasteiger partial charge >= 0.3 is 0 Å². The number of methoxy groups -OCH3 is 1. The van der Waals surface area contributed by atoms with E-state index in [0.717, 1.165) is 51.2 Å². The molecule has 156 valence electrons. The molecule has 2 saturated heterocycles. The van der Waals surface area contributed by atoms with Crippen LogP contribution in [0.5, 0.6) is 5.75 Å². The summed E-state index contributed by atoms with van der Waals surface area (Å²) < 4.78 is 11.1. The average Bonchev–Trinajstić information content (AvgIpc) is 2.77. The Morgan fingerprint density at radius 2 is 1.75 bits per heavy atom. The fourth-order valence-corrected chi connectivity index (χ4v) is 5.40. The van der Waals surface area contributed by atoms with Crippen molar-refractivity contribution in [3.05, 3.63) is 24.3 Å². The van der Waals surface area contributed by atoms with Crippen LogP contribution in [-0.2, 0) is 4.74 Å². The third kappa shape index (κ3) is 3.75. The van der Waals surface area contributed by atoms with Crippen LogP contribution in [0.15, 0.2) is 24.3 Å². The van der Waals surface area contributed by atoms with Crippen molar-refractivity contribution in [2.45, 2.75) is 50.4 Å². The van der Waals surface area contributed by atoms with Gasteiger partial charge in [-0.2, -0.15) is 0 Å². The first kappa shape index (κ1) is 20.0. The van der Waals surface area contributed by atoms with E-state index in [-0.39, 0.29) is 24.2 Å². The lowest BCUT2D eigenvalue weighted by Gasteiger charge is -2.57. The third-order valence-electron chi connectivity index (χ3n) is 7.30. The second-order valence-corrected chi connectivity index (χ2v) is 8.52. The van der Waals surface area contributed by atoms with E-state index in [1.807, 2.05) is 12.1 Å². The Morgan fingerprint density at radius 1 is 1.07 bits per heavy atom. The Hall–Kier alpha value is -1.34. The van der Waals surface area contributed by atoms with Gasteiger partial charge in [0.05, 0.1) is 32.5 Å². The van der Waals surface area contributed by atoms with Gasteiger partial charge in [-0.05, 0) is 63.0 Å². The summed E-state index contributed by atoms with van der Waals surface area (Å²) in [6.45, 7) is 4.70. The Balaban J connectivity index is 1.27. The van der Waals surface area contributed by atoms with Crippen LogP contribution in [0.4, 0.5) is 5.69 Å². The third-order valence-corrected chi connectivity index (χ3v) is 7.30. The second kappa shape index (κ2) is 8.57. The fraction of sp³-hybridized carbons (Fsp3) is 0.727. The summed E-state index contributed by atoms with van der Waals surface area (Å²) in [5.41, 5.74) is 1.20. The normalized spacial score (nSPS) is 28.3. The minimum Gasteiger partial charge on any atom is -0.497 e. The molecule has 0 amide bonds. The zero-order chi connectivity index (χ0) is 19.6. The predicted molar refractivity (Wildman–Crippen MR) is 109 cm³/mol. The highest BCUT2D eigenvalue weighted by Crippen LogP contribution is 2.51.